The second-order valence-electron chi connectivity index (χ2n) is 7.71. The molecule has 3 rings (SSSR count). The van der Waals surface area contributed by atoms with Gasteiger partial charge in [-0.2, -0.15) is 0 Å². The zero-order valence-electron chi connectivity index (χ0n) is 16.2. The molecule has 1 aromatic rings. The monoisotopic (exact) mass is 376 g/mol. The SMILES string of the molecule is C[C@H](OC(=O)[C@@H]1CC(=O)N(Cc2ccco2)C1)C(=O)N1[C@H](C)CCC[C@@H]1C. The van der Waals surface area contributed by atoms with Crippen LogP contribution in [0.4, 0.5) is 0 Å². The Morgan fingerprint density at radius 2 is 2.00 bits per heavy atom. The molecule has 4 atom stereocenters. The quantitative estimate of drug-likeness (QED) is 0.737. The Hall–Kier alpha value is -2.31. The van der Waals surface area contributed by atoms with Gasteiger partial charge < -0.3 is 19.0 Å². The van der Waals surface area contributed by atoms with E-state index in [4.69, 9.17) is 9.15 Å². The van der Waals surface area contributed by atoms with E-state index in [9.17, 15) is 14.4 Å². The second-order valence-corrected chi connectivity index (χ2v) is 7.71. The average Bonchev–Trinajstić information content (AvgIpc) is 3.25. The van der Waals surface area contributed by atoms with E-state index in [0.717, 1.165) is 19.3 Å². The largest absolute Gasteiger partial charge is 0.467 e. The third kappa shape index (κ3) is 4.34. The molecule has 1 aromatic heterocycles. The summed E-state index contributed by atoms with van der Waals surface area (Å²) >= 11 is 0. The van der Waals surface area contributed by atoms with Gasteiger partial charge in [0.2, 0.25) is 5.91 Å². The molecule has 0 radical (unpaired) electrons. The molecule has 7 heteroatoms. The minimum Gasteiger partial charge on any atom is -0.467 e. The molecule has 27 heavy (non-hydrogen) atoms. The Morgan fingerprint density at radius 3 is 2.63 bits per heavy atom. The summed E-state index contributed by atoms with van der Waals surface area (Å²) in [6.45, 7) is 6.31. The zero-order valence-corrected chi connectivity index (χ0v) is 16.2. The van der Waals surface area contributed by atoms with Crippen molar-refractivity contribution in [1.29, 1.82) is 0 Å². The fourth-order valence-corrected chi connectivity index (χ4v) is 4.06. The lowest BCUT2D eigenvalue weighted by molar-refractivity contribution is -0.165. The molecule has 2 aliphatic rings. The third-order valence-electron chi connectivity index (χ3n) is 5.56. The van der Waals surface area contributed by atoms with Gasteiger partial charge in [-0.1, -0.05) is 0 Å². The number of carbonyl (C=O) groups excluding carboxylic acids is 3. The molecule has 0 aromatic carbocycles. The summed E-state index contributed by atoms with van der Waals surface area (Å²) < 4.78 is 10.7. The number of likely N-dealkylation sites (tertiary alicyclic amines) is 2. The Bertz CT molecular complexity index is 677. The van der Waals surface area contributed by atoms with Crippen molar-refractivity contribution >= 4 is 17.8 Å². The van der Waals surface area contributed by atoms with E-state index in [-0.39, 0.29) is 36.9 Å². The van der Waals surface area contributed by atoms with Crippen LogP contribution in [-0.4, -0.2) is 52.3 Å². The number of carbonyl (C=O) groups is 3. The van der Waals surface area contributed by atoms with Crippen molar-refractivity contribution in [2.45, 2.75) is 71.2 Å². The van der Waals surface area contributed by atoms with Crippen LogP contribution in [0.15, 0.2) is 22.8 Å². The van der Waals surface area contributed by atoms with Crippen LogP contribution in [0.1, 0.15) is 52.2 Å². The number of hydrogen-bond donors (Lipinski definition) is 0. The van der Waals surface area contributed by atoms with Crippen LogP contribution in [0.3, 0.4) is 0 Å². The smallest absolute Gasteiger partial charge is 0.312 e. The number of rotatable bonds is 5. The van der Waals surface area contributed by atoms with Gasteiger partial charge in [0.25, 0.3) is 5.91 Å². The summed E-state index contributed by atoms with van der Waals surface area (Å²) in [6, 6.07) is 3.86. The molecule has 7 nitrogen and oxygen atoms in total. The summed E-state index contributed by atoms with van der Waals surface area (Å²) in [6.07, 6.45) is 3.87. The number of nitrogens with zero attached hydrogens (tertiary/aromatic N) is 2. The van der Waals surface area contributed by atoms with E-state index in [1.807, 2.05) is 18.7 Å². The molecule has 3 heterocycles. The first kappa shape index (κ1) is 19.5. The van der Waals surface area contributed by atoms with Gasteiger partial charge in [0.05, 0.1) is 18.7 Å². The highest BCUT2D eigenvalue weighted by Crippen LogP contribution is 2.25. The van der Waals surface area contributed by atoms with E-state index in [0.29, 0.717) is 12.3 Å². The molecule has 2 saturated heterocycles. The average molecular weight is 376 g/mol. The van der Waals surface area contributed by atoms with Crippen molar-refractivity contribution in [3.63, 3.8) is 0 Å². The summed E-state index contributed by atoms with van der Waals surface area (Å²) in [4.78, 5) is 40.9. The number of ether oxygens (including phenoxy) is 1. The van der Waals surface area contributed by atoms with Crippen LogP contribution in [0, 0.1) is 5.92 Å². The van der Waals surface area contributed by atoms with Crippen LogP contribution in [0.2, 0.25) is 0 Å². The summed E-state index contributed by atoms with van der Waals surface area (Å²) in [5, 5.41) is 0. The lowest BCUT2D eigenvalue weighted by Gasteiger charge is -2.40. The summed E-state index contributed by atoms with van der Waals surface area (Å²) in [5.41, 5.74) is 0. The molecule has 2 fully saturated rings. The van der Waals surface area contributed by atoms with Gasteiger partial charge in [-0.25, -0.2) is 0 Å². The predicted molar refractivity (Wildman–Crippen MR) is 97.4 cm³/mol. The van der Waals surface area contributed by atoms with Gasteiger partial charge in [-0.3, -0.25) is 14.4 Å². The van der Waals surface area contributed by atoms with Crippen molar-refractivity contribution in [2.24, 2.45) is 5.92 Å². The van der Waals surface area contributed by atoms with Crippen LogP contribution in [0.5, 0.6) is 0 Å². The maximum absolute atomic E-state index is 12.8. The van der Waals surface area contributed by atoms with Gasteiger partial charge in [0.1, 0.15) is 5.76 Å². The molecular formula is C20H28N2O5. The molecular weight excluding hydrogens is 348 g/mol. The lowest BCUT2D eigenvalue weighted by atomic mass is 9.97. The molecule has 0 N–H and O–H groups in total. The summed E-state index contributed by atoms with van der Waals surface area (Å²) in [5.74, 6) is -0.609. The van der Waals surface area contributed by atoms with Crippen molar-refractivity contribution in [1.82, 2.24) is 9.80 Å². The Kier molecular flexibility index (Phi) is 5.87. The van der Waals surface area contributed by atoms with Gasteiger partial charge in [-0.15, -0.1) is 0 Å². The number of furan rings is 1. The topological polar surface area (TPSA) is 80.1 Å². The van der Waals surface area contributed by atoms with Crippen LogP contribution >= 0.6 is 0 Å². The molecule has 0 saturated carbocycles. The fraction of sp³-hybridized carbons (Fsp3) is 0.650. The number of hydrogen-bond acceptors (Lipinski definition) is 5. The van der Waals surface area contributed by atoms with Crippen molar-refractivity contribution in [3.05, 3.63) is 24.2 Å². The highest BCUT2D eigenvalue weighted by atomic mass is 16.5. The molecule has 0 unspecified atom stereocenters. The Morgan fingerprint density at radius 1 is 1.30 bits per heavy atom. The van der Waals surface area contributed by atoms with E-state index >= 15 is 0 Å². The fourth-order valence-electron chi connectivity index (χ4n) is 4.06. The van der Waals surface area contributed by atoms with Gasteiger partial charge in [0, 0.05) is 25.0 Å². The number of esters is 1. The lowest BCUT2D eigenvalue weighted by Crippen LogP contribution is -2.51. The highest BCUT2D eigenvalue weighted by Gasteiger charge is 2.38. The van der Waals surface area contributed by atoms with E-state index in [1.165, 1.54) is 0 Å². The third-order valence-corrected chi connectivity index (χ3v) is 5.56. The van der Waals surface area contributed by atoms with Crippen molar-refractivity contribution in [2.75, 3.05) is 6.54 Å². The van der Waals surface area contributed by atoms with Crippen LogP contribution in [-0.2, 0) is 25.7 Å². The first-order valence-electron chi connectivity index (χ1n) is 9.69. The first-order valence-corrected chi connectivity index (χ1v) is 9.69. The van der Waals surface area contributed by atoms with Gasteiger partial charge in [0.15, 0.2) is 6.10 Å². The molecule has 0 aliphatic carbocycles. The van der Waals surface area contributed by atoms with E-state index in [1.54, 1.807) is 30.2 Å². The molecule has 0 bridgehead atoms. The maximum Gasteiger partial charge on any atom is 0.312 e. The maximum atomic E-state index is 12.8. The Balaban J connectivity index is 1.55. The normalized spacial score (nSPS) is 26.9. The summed E-state index contributed by atoms with van der Waals surface area (Å²) in [7, 11) is 0. The van der Waals surface area contributed by atoms with Crippen LogP contribution < -0.4 is 0 Å². The minimum atomic E-state index is -0.838. The van der Waals surface area contributed by atoms with Crippen molar-refractivity contribution in [3.8, 4) is 0 Å². The molecule has 2 aliphatic heterocycles. The predicted octanol–water partition coefficient (Wildman–Crippen LogP) is 2.35. The second kappa shape index (κ2) is 8.15. The standard InChI is InChI=1S/C20H28N2O5/c1-13-6-4-7-14(2)22(13)19(24)15(3)27-20(25)16-10-18(23)21(11-16)12-17-8-5-9-26-17/h5,8-9,13-16H,4,6-7,10-12H2,1-3H3/t13-,14+,15-,16+/m0/s1. The first-order chi connectivity index (χ1) is 12.9. The molecule has 148 valence electrons. The van der Waals surface area contributed by atoms with Crippen LogP contribution in [0.25, 0.3) is 0 Å². The molecule has 0 spiro atoms. The van der Waals surface area contributed by atoms with E-state index in [2.05, 4.69) is 0 Å². The number of amides is 2. The Labute approximate surface area is 159 Å². The number of piperidine rings is 1. The van der Waals surface area contributed by atoms with Gasteiger partial charge in [-0.05, 0) is 52.2 Å². The molecule has 2 amide bonds. The zero-order chi connectivity index (χ0) is 19.6. The van der Waals surface area contributed by atoms with E-state index < -0.39 is 18.0 Å². The highest BCUT2D eigenvalue weighted by molar-refractivity contribution is 5.89. The van der Waals surface area contributed by atoms with Crippen molar-refractivity contribution < 1.29 is 23.5 Å². The minimum absolute atomic E-state index is 0.106. The van der Waals surface area contributed by atoms with Gasteiger partial charge >= 0.3 is 5.97 Å².